The molecule has 1 saturated heterocycles. The largest absolute Gasteiger partial charge is 0.419 e. The van der Waals surface area contributed by atoms with Crippen LogP contribution < -0.4 is 4.90 Å². The van der Waals surface area contributed by atoms with Crippen LogP contribution in [0.15, 0.2) is 28.7 Å². The molecule has 1 fully saturated rings. The van der Waals surface area contributed by atoms with Crippen LogP contribution in [0.3, 0.4) is 0 Å². The van der Waals surface area contributed by atoms with Gasteiger partial charge >= 0.3 is 0 Å². The van der Waals surface area contributed by atoms with Gasteiger partial charge in [0.15, 0.2) is 0 Å². The molecular formula is C16H17N5O3. The van der Waals surface area contributed by atoms with Crippen LogP contribution in [0.1, 0.15) is 12.6 Å². The molecule has 124 valence electrons. The molecule has 0 amide bonds. The summed E-state index contributed by atoms with van der Waals surface area (Å²) in [6.07, 6.45) is 0. The maximum absolute atomic E-state index is 11.2. The van der Waals surface area contributed by atoms with Crippen LogP contribution >= 0.6 is 0 Å². The average molecular weight is 327 g/mol. The lowest BCUT2D eigenvalue weighted by Crippen LogP contribution is -2.46. The van der Waals surface area contributed by atoms with Gasteiger partial charge in [0.25, 0.3) is 5.69 Å². The molecule has 1 aliphatic rings. The van der Waals surface area contributed by atoms with Crippen molar-refractivity contribution in [2.75, 3.05) is 37.6 Å². The van der Waals surface area contributed by atoms with Crippen molar-refractivity contribution in [3.63, 3.8) is 0 Å². The van der Waals surface area contributed by atoms with E-state index in [2.05, 4.69) is 16.8 Å². The third-order valence-corrected chi connectivity index (χ3v) is 4.15. The number of anilines is 1. The summed E-state index contributed by atoms with van der Waals surface area (Å²) < 4.78 is 5.76. The second-order valence-electron chi connectivity index (χ2n) is 5.48. The zero-order valence-corrected chi connectivity index (χ0v) is 13.3. The number of piperazine rings is 1. The molecule has 2 heterocycles. The molecule has 0 radical (unpaired) electrons. The quantitative estimate of drug-likeness (QED) is 0.627. The molecule has 2 aromatic rings. The Balaban J connectivity index is 1.95. The van der Waals surface area contributed by atoms with Crippen molar-refractivity contribution < 1.29 is 9.34 Å². The summed E-state index contributed by atoms with van der Waals surface area (Å²) >= 11 is 0. The molecule has 8 nitrogen and oxygen atoms in total. The van der Waals surface area contributed by atoms with E-state index in [9.17, 15) is 15.4 Å². The van der Waals surface area contributed by atoms with E-state index in [1.54, 1.807) is 18.2 Å². The fourth-order valence-corrected chi connectivity index (χ4v) is 2.80. The zero-order chi connectivity index (χ0) is 17.1. The van der Waals surface area contributed by atoms with Gasteiger partial charge in [0, 0.05) is 32.2 Å². The fraction of sp³-hybridized carbons (Fsp3) is 0.375. The van der Waals surface area contributed by atoms with Gasteiger partial charge in [-0.25, -0.2) is 0 Å². The van der Waals surface area contributed by atoms with Gasteiger partial charge in [-0.05, 0) is 12.6 Å². The number of nitro groups is 1. The molecule has 0 saturated carbocycles. The highest BCUT2D eigenvalue weighted by Gasteiger charge is 2.26. The molecule has 1 aliphatic heterocycles. The van der Waals surface area contributed by atoms with Gasteiger partial charge in [0.1, 0.15) is 11.6 Å². The normalized spacial score (nSPS) is 15.2. The highest BCUT2D eigenvalue weighted by molar-refractivity contribution is 5.69. The van der Waals surface area contributed by atoms with E-state index in [0.717, 1.165) is 32.7 Å². The van der Waals surface area contributed by atoms with Crippen LogP contribution in [0.25, 0.3) is 11.5 Å². The van der Waals surface area contributed by atoms with Crippen molar-refractivity contribution in [1.82, 2.24) is 9.88 Å². The zero-order valence-electron chi connectivity index (χ0n) is 13.3. The van der Waals surface area contributed by atoms with Crippen LogP contribution in [-0.2, 0) is 0 Å². The summed E-state index contributed by atoms with van der Waals surface area (Å²) in [6, 6.07) is 8.26. The Bertz CT molecular complexity index is 787. The van der Waals surface area contributed by atoms with Gasteiger partial charge in [-0.3, -0.25) is 10.1 Å². The SMILES string of the molecule is CCN1CCN(c2oc(-c3ccccc3[N+](=O)[O-])nc2C#N)CC1. The minimum absolute atomic E-state index is 0.0920. The topological polar surface area (TPSA) is 99.4 Å². The van der Waals surface area contributed by atoms with Crippen LogP contribution in [0.2, 0.25) is 0 Å². The Hall–Kier alpha value is -2.92. The Morgan fingerprint density at radius 1 is 1.33 bits per heavy atom. The number of aromatic nitrogens is 1. The summed E-state index contributed by atoms with van der Waals surface area (Å²) in [5.41, 5.74) is 0.344. The molecular weight excluding hydrogens is 310 g/mol. The molecule has 0 unspecified atom stereocenters. The summed E-state index contributed by atoms with van der Waals surface area (Å²) in [4.78, 5) is 19.1. The third-order valence-electron chi connectivity index (χ3n) is 4.15. The molecule has 8 heteroatoms. The molecule has 0 spiro atoms. The van der Waals surface area contributed by atoms with Gasteiger partial charge in [-0.15, -0.1) is 0 Å². The van der Waals surface area contributed by atoms with Crippen molar-refractivity contribution in [2.24, 2.45) is 0 Å². The molecule has 1 aromatic heterocycles. The monoisotopic (exact) mass is 327 g/mol. The van der Waals surface area contributed by atoms with Gasteiger partial charge in [-0.2, -0.15) is 10.2 Å². The van der Waals surface area contributed by atoms with E-state index in [-0.39, 0.29) is 22.8 Å². The van der Waals surface area contributed by atoms with E-state index in [0.29, 0.717) is 5.88 Å². The highest BCUT2D eigenvalue weighted by Crippen LogP contribution is 2.33. The van der Waals surface area contributed by atoms with Crippen molar-refractivity contribution in [3.05, 3.63) is 40.1 Å². The molecule has 1 aromatic carbocycles. The number of para-hydroxylation sites is 1. The first-order valence-electron chi connectivity index (χ1n) is 7.76. The maximum Gasteiger partial charge on any atom is 0.282 e. The standard InChI is InChI=1S/C16H17N5O3/c1-2-19-7-9-20(10-8-19)16-13(11-17)18-15(24-16)12-5-3-4-6-14(12)21(22)23/h3-6H,2,7-10H2,1H3. The van der Waals surface area contributed by atoms with Gasteiger partial charge in [-0.1, -0.05) is 19.1 Å². The number of nitrogens with zero attached hydrogens (tertiary/aromatic N) is 5. The lowest BCUT2D eigenvalue weighted by Gasteiger charge is -2.33. The van der Waals surface area contributed by atoms with E-state index in [4.69, 9.17) is 4.42 Å². The lowest BCUT2D eigenvalue weighted by molar-refractivity contribution is -0.384. The van der Waals surface area contributed by atoms with Crippen molar-refractivity contribution in [3.8, 4) is 17.5 Å². The highest BCUT2D eigenvalue weighted by atomic mass is 16.6. The first kappa shape index (κ1) is 16.0. The molecule has 0 N–H and O–H groups in total. The number of likely N-dealkylation sites (N-methyl/N-ethyl adjacent to an activating group) is 1. The summed E-state index contributed by atoms with van der Waals surface area (Å²) in [5.74, 6) is 0.494. The van der Waals surface area contributed by atoms with E-state index in [1.165, 1.54) is 6.07 Å². The molecule has 0 atom stereocenters. The Morgan fingerprint density at radius 2 is 2.04 bits per heavy atom. The van der Waals surface area contributed by atoms with Crippen LogP contribution in [0.5, 0.6) is 0 Å². The van der Waals surface area contributed by atoms with Gasteiger partial charge < -0.3 is 14.2 Å². The first-order chi connectivity index (χ1) is 11.6. The number of benzene rings is 1. The summed E-state index contributed by atoms with van der Waals surface area (Å²) in [6.45, 7) is 6.31. The van der Waals surface area contributed by atoms with Crippen LogP contribution in [0.4, 0.5) is 11.6 Å². The number of hydrogen-bond donors (Lipinski definition) is 0. The number of oxazole rings is 1. The summed E-state index contributed by atoms with van der Waals surface area (Å²) in [5, 5.41) is 20.5. The number of nitriles is 1. The second-order valence-corrected chi connectivity index (χ2v) is 5.48. The number of nitro benzene ring substituents is 1. The third kappa shape index (κ3) is 2.94. The molecule has 0 aliphatic carbocycles. The molecule has 24 heavy (non-hydrogen) atoms. The van der Waals surface area contributed by atoms with E-state index >= 15 is 0 Å². The summed E-state index contributed by atoms with van der Waals surface area (Å²) in [7, 11) is 0. The lowest BCUT2D eigenvalue weighted by atomic mass is 10.2. The molecule has 3 rings (SSSR count). The van der Waals surface area contributed by atoms with Crippen LogP contribution in [-0.4, -0.2) is 47.5 Å². The van der Waals surface area contributed by atoms with Crippen molar-refractivity contribution in [2.45, 2.75) is 6.92 Å². The predicted octanol–water partition coefficient (Wildman–Crippen LogP) is 2.26. The van der Waals surface area contributed by atoms with Crippen molar-refractivity contribution >= 4 is 11.6 Å². The second kappa shape index (κ2) is 6.68. The first-order valence-corrected chi connectivity index (χ1v) is 7.76. The van der Waals surface area contributed by atoms with E-state index < -0.39 is 4.92 Å². The molecule has 0 bridgehead atoms. The fourth-order valence-electron chi connectivity index (χ4n) is 2.80. The Labute approximate surface area is 139 Å². The maximum atomic E-state index is 11.2. The predicted molar refractivity (Wildman–Crippen MR) is 87.6 cm³/mol. The smallest absolute Gasteiger partial charge is 0.282 e. The average Bonchev–Trinajstić information content (AvgIpc) is 3.06. The van der Waals surface area contributed by atoms with Gasteiger partial charge in [0.05, 0.1) is 4.92 Å². The number of hydrogen-bond acceptors (Lipinski definition) is 7. The van der Waals surface area contributed by atoms with Crippen molar-refractivity contribution in [1.29, 1.82) is 5.26 Å². The minimum atomic E-state index is -0.481. The van der Waals surface area contributed by atoms with Gasteiger partial charge in [0.2, 0.25) is 17.5 Å². The minimum Gasteiger partial charge on any atom is -0.419 e. The van der Waals surface area contributed by atoms with Crippen LogP contribution in [0, 0.1) is 21.4 Å². The Kier molecular flexibility index (Phi) is 4.44. The van der Waals surface area contributed by atoms with E-state index in [1.807, 2.05) is 11.0 Å². The number of rotatable bonds is 4. The Morgan fingerprint density at radius 3 is 2.67 bits per heavy atom.